The fourth-order valence-corrected chi connectivity index (χ4v) is 4.77. The summed E-state index contributed by atoms with van der Waals surface area (Å²) in [6.07, 6.45) is 7.31. The summed E-state index contributed by atoms with van der Waals surface area (Å²) in [5, 5.41) is 14.9. The molecule has 0 heterocycles. The van der Waals surface area contributed by atoms with Crippen molar-refractivity contribution in [2.24, 2.45) is 0 Å². The van der Waals surface area contributed by atoms with Gasteiger partial charge in [0.2, 0.25) is 0 Å². The number of rotatable bonds is 5. The molecule has 0 aliphatic heterocycles. The topological polar surface area (TPSA) is 32.3 Å². The Balaban J connectivity index is 1.67. The lowest BCUT2D eigenvalue weighted by Gasteiger charge is -2.39. The molecule has 2 aliphatic carbocycles. The number of hydrogen-bond acceptors (Lipinski definition) is 2. The van der Waals surface area contributed by atoms with Gasteiger partial charge < -0.3 is 5.11 Å². The molecule has 1 fully saturated rings. The molecule has 2 nitrogen and oxygen atoms in total. The van der Waals surface area contributed by atoms with Crippen molar-refractivity contribution in [1.82, 2.24) is 5.32 Å². The third kappa shape index (κ3) is 2.94. The third-order valence-corrected chi connectivity index (χ3v) is 6.11. The minimum Gasteiger partial charge on any atom is -0.391 e. The number of nitrogens with one attached hydrogen (secondary N) is 1. The van der Waals surface area contributed by atoms with Crippen LogP contribution in [0.4, 0.5) is 0 Å². The zero-order valence-electron chi connectivity index (χ0n) is 16.4. The molecule has 5 radical (unpaired) electrons. The smallest absolute Gasteiger partial charge is 0.0962 e. The number of fused-ring (bicyclic) bond motifs is 3. The van der Waals surface area contributed by atoms with E-state index in [9.17, 15) is 5.11 Å². The van der Waals surface area contributed by atoms with E-state index in [1.807, 2.05) is 31.7 Å². The Labute approximate surface area is 173 Å². The van der Waals surface area contributed by atoms with Crippen LogP contribution >= 0.6 is 0 Å². The van der Waals surface area contributed by atoms with Crippen LogP contribution in [0.15, 0.2) is 78.9 Å². The molecule has 0 saturated heterocycles. The monoisotopic (exact) mass is 378 g/mol. The van der Waals surface area contributed by atoms with Gasteiger partial charge in [0, 0.05) is 12.0 Å². The maximum atomic E-state index is 11.0. The van der Waals surface area contributed by atoms with E-state index < -0.39 is 11.6 Å². The van der Waals surface area contributed by atoms with E-state index >= 15 is 0 Å². The summed E-state index contributed by atoms with van der Waals surface area (Å²) in [6.45, 7) is 2.06. The molecule has 0 unspecified atom stereocenters. The fraction of sp³-hybridized carbons (Fsp3) is 0.148. The minimum absolute atomic E-state index is 0.156. The molecule has 1 saturated carbocycles. The van der Waals surface area contributed by atoms with Crippen molar-refractivity contribution < 1.29 is 5.11 Å². The Morgan fingerprint density at radius 1 is 0.724 bits per heavy atom. The minimum atomic E-state index is -0.592. The van der Waals surface area contributed by atoms with Gasteiger partial charge in [0.25, 0.3) is 0 Å². The molecule has 0 amide bonds. The molecule has 0 aromatic heterocycles. The summed E-state index contributed by atoms with van der Waals surface area (Å²) in [4.78, 5) is 0. The molecule has 2 aliphatic rings. The fourth-order valence-electron chi connectivity index (χ4n) is 4.77. The highest BCUT2D eigenvalue weighted by Crippen LogP contribution is 2.51. The highest BCUT2D eigenvalue weighted by Gasteiger charge is 2.46. The van der Waals surface area contributed by atoms with Crippen LogP contribution in [0.3, 0.4) is 0 Å². The number of benzene rings is 3. The molecule has 2 N–H and O–H groups in total. The predicted molar refractivity (Wildman–Crippen MR) is 117 cm³/mol. The number of aliphatic hydroxyl groups is 1. The molecule has 3 aromatic carbocycles. The number of hydrogen-bond donors (Lipinski definition) is 2. The zero-order chi connectivity index (χ0) is 19.8. The van der Waals surface area contributed by atoms with Gasteiger partial charge >= 0.3 is 0 Å². The molecular weight excluding hydrogens is 354 g/mol. The van der Waals surface area contributed by atoms with Crippen LogP contribution in [-0.4, -0.2) is 17.3 Å². The van der Waals surface area contributed by atoms with Crippen molar-refractivity contribution in [1.29, 1.82) is 0 Å². The highest BCUT2D eigenvalue weighted by molar-refractivity contribution is 5.83. The first-order valence-electron chi connectivity index (χ1n) is 10.1. The summed E-state index contributed by atoms with van der Waals surface area (Å²) in [5.74, 6) is 0.938. The average Bonchev–Trinajstić information content (AvgIpc) is 3.41. The van der Waals surface area contributed by atoms with Crippen LogP contribution in [0.1, 0.15) is 23.6 Å². The van der Waals surface area contributed by atoms with Crippen LogP contribution < -0.4 is 5.32 Å². The molecule has 2 heteroatoms. The first-order chi connectivity index (χ1) is 14.2. The van der Waals surface area contributed by atoms with Gasteiger partial charge in [-0.3, -0.25) is 5.32 Å². The van der Waals surface area contributed by atoms with Gasteiger partial charge in [-0.05, 0) is 60.4 Å². The third-order valence-electron chi connectivity index (χ3n) is 6.11. The van der Waals surface area contributed by atoms with Crippen LogP contribution in [-0.2, 0) is 5.54 Å². The normalized spacial score (nSPS) is 19.5. The molecule has 0 bridgehead atoms. The second-order valence-corrected chi connectivity index (χ2v) is 7.80. The predicted octanol–water partition coefficient (Wildman–Crippen LogP) is 4.70. The van der Waals surface area contributed by atoms with Gasteiger partial charge in [-0.1, -0.05) is 78.9 Å². The second-order valence-electron chi connectivity index (χ2n) is 7.80. The van der Waals surface area contributed by atoms with Crippen molar-refractivity contribution >= 4 is 0 Å². The Kier molecular flexibility index (Phi) is 4.77. The van der Waals surface area contributed by atoms with Crippen molar-refractivity contribution in [2.75, 3.05) is 0 Å². The molecule has 29 heavy (non-hydrogen) atoms. The van der Waals surface area contributed by atoms with E-state index in [1.54, 1.807) is 0 Å². The van der Waals surface area contributed by atoms with Crippen molar-refractivity contribution in [2.45, 2.75) is 24.6 Å². The molecule has 2 atom stereocenters. The van der Waals surface area contributed by atoms with Crippen molar-refractivity contribution in [3.8, 4) is 11.1 Å². The van der Waals surface area contributed by atoms with Gasteiger partial charge in [0.05, 0.1) is 11.6 Å². The SMILES string of the molecule is C[C@H](NC1(c2ccccc2)c2ccccc2-c2ccccc21)[C@@H](O)[C]1[CH][CH][CH][CH]1. The van der Waals surface area contributed by atoms with Gasteiger partial charge in [-0.25, -0.2) is 0 Å². The highest BCUT2D eigenvalue weighted by atomic mass is 16.3. The maximum absolute atomic E-state index is 11.0. The molecule has 3 aromatic rings. The zero-order valence-corrected chi connectivity index (χ0v) is 16.4. The second kappa shape index (κ2) is 7.44. The quantitative estimate of drug-likeness (QED) is 0.674. The van der Waals surface area contributed by atoms with Crippen LogP contribution in [0.5, 0.6) is 0 Å². The Bertz CT molecular complexity index is 945. The summed E-state index contributed by atoms with van der Waals surface area (Å²) < 4.78 is 0. The lowest BCUT2D eigenvalue weighted by atomic mass is 9.79. The van der Waals surface area contributed by atoms with Crippen LogP contribution in [0, 0.1) is 31.6 Å². The molecule has 0 spiro atoms. The average molecular weight is 378 g/mol. The molecule has 5 rings (SSSR count). The summed E-state index contributed by atoms with van der Waals surface area (Å²) in [6, 6.07) is 27.6. The van der Waals surface area contributed by atoms with E-state index in [1.165, 1.54) is 27.8 Å². The summed E-state index contributed by atoms with van der Waals surface area (Å²) >= 11 is 0. The number of aliphatic hydroxyl groups excluding tert-OH is 1. The lowest BCUT2D eigenvalue weighted by molar-refractivity contribution is 0.142. The van der Waals surface area contributed by atoms with Gasteiger partial charge in [-0.15, -0.1) is 0 Å². The first-order valence-corrected chi connectivity index (χ1v) is 10.1. The van der Waals surface area contributed by atoms with Crippen LogP contribution in [0.25, 0.3) is 11.1 Å². The Morgan fingerprint density at radius 2 is 1.24 bits per heavy atom. The van der Waals surface area contributed by atoms with E-state index in [4.69, 9.17) is 0 Å². The van der Waals surface area contributed by atoms with Gasteiger partial charge in [-0.2, -0.15) is 0 Å². The van der Waals surface area contributed by atoms with E-state index in [0.29, 0.717) is 0 Å². The van der Waals surface area contributed by atoms with E-state index in [-0.39, 0.29) is 6.04 Å². The first kappa shape index (κ1) is 18.6. The van der Waals surface area contributed by atoms with Crippen molar-refractivity contribution in [3.63, 3.8) is 0 Å². The Hall–Kier alpha value is -2.42. The molecule has 143 valence electrons. The summed E-state index contributed by atoms with van der Waals surface area (Å²) in [5.41, 5.74) is 5.62. The van der Waals surface area contributed by atoms with Gasteiger partial charge in [0.15, 0.2) is 0 Å². The van der Waals surface area contributed by atoms with Crippen LogP contribution in [0.2, 0.25) is 0 Å². The van der Waals surface area contributed by atoms with Gasteiger partial charge in [0.1, 0.15) is 0 Å². The summed E-state index contributed by atoms with van der Waals surface area (Å²) in [7, 11) is 0. The largest absolute Gasteiger partial charge is 0.391 e. The van der Waals surface area contributed by atoms with Crippen molar-refractivity contribution in [3.05, 3.63) is 127 Å². The Morgan fingerprint density at radius 3 is 1.83 bits per heavy atom. The maximum Gasteiger partial charge on any atom is 0.0962 e. The van der Waals surface area contributed by atoms with E-state index in [0.717, 1.165) is 5.92 Å². The van der Waals surface area contributed by atoms with E-state index in [2.05, 4.69) is 85.0 Å². The standard InChI is InChI=1S/C27H24NO/c1-19(26(29)20-11-5-6-12-20)28-27(21-13-3-2-4-14-21)24-17-9-7-15-22(24)23-16-8-10-18-25(23)27/h2-19,26,28-29H,1H3/t19-,26+/m0/s1. The lowest BCUT2D eigenvalue weighted by Crippen LogP contribution is -2.52. The molecular formula is C27H24NO.